The summed E-state index contributed by atoms with van der Waals surface area (Å²) in [5.74, 6) is 0.0333. The topological polar surface area (TPSA) is 70.5 Å². The number of nitrogens with zero attached hydrogens (tertiary/aromatic N) is 4. The smallest absolute Gasteiger partial charge is 0.323 e. The van der Waals surface area contributed by atoms with Gasteiger partial charge in [-0.05, 0) is 46.2 Å². The first-order chi connectivity index (χ1) is 11.3. The van der Waals surface area contributed by atoms with Gasteiger partial charge in [0.05, 0.1) is 12.2 Å². The van der Waals surface area contributed by atoms with Gasteiger partial charge >= 0.3 is 6.03 Å². The third kappa shape index (κ3) is 2.92. The molecule has 0 aromatic carbocycles. The second-order valence-electron chi connectivity index (χ2n) is 7.29. The fraction of sp³-hybridized carbons (Fsp3) is 0.706. The molecule has 0 radical (unpaired) electrons. The van der Waals surface area contributed by atoms with Gasteiger partial charge in [-0.3, -0.25) is 14.4 Å². The van der Waals surface area contributed by atoms with Gasteiger partial charge < -0.3 is 10.2 Å². The summed E-state index contributed by atoms with van der Waals surface area (Å²) < 4.78 is 2.04. The lowest BCUT2D eigenvalue weighted by atomic mass is 9.80. The molecule has 7 heteroatoms. The molecule has 132 valence electrons. The highest BCUT2D eigenvalue weighted by Crippen LogP contribution is 2.31. The zero-order chi connectivity index (χ0) is 17.5. The van der Waals surface area contributed by atoms with Crippen LogP contribution in [0.15, 0.2) is 6.07 Å². The number of imide groups is 1. The Morgan fingerprint density at radius 2 is 2.08 bits per heavy atom. The molecule has 3 rings (SSSR count). The predicted octanol–water partition coefficient (Wildman–Crippen LogP) is 1.15. The molecule has 1 N–H and O–H groups in total. The fourth-order valence-electron chi connectivity index (χ4n) is 3.94. The Morgan fingerprint density at radius 3 is 2.67 bits per heavy atom. The van der Waals surface area contributed by atoms with Crippen molar-refractivity contribution < 1.29 is 9.59 Å². The minimum Gasteiger partial charge on any atom is -0.323 e. The third-order valence-electron chi connectivity index (χ3n) is 5.47. The third-order valence-corrected chi connectivity index (χ3v) is 5.47. The lowest BCUT2D eigenvalue weighted by Gasteiger charge is -2.39. The van der Waals surface area contributed by atoms with E-state index in [0.29, 0.717) is 0 Å². The minimum atomic E-state index is -0.775. The molecule has 0 saturated carbocycles. The summed E-state index contributed by atoms with van der Waals surface area (Å²) in [5.41, 5.74) is 1.44. The van der Waals surface area contributed by atoms with Crippen LogP contribution >= 0.6 is 0 Å². The van der Waals surface area contributed by atoms with Crippen LogP contribution in [-0.2, 0) is 11.3 Å². The Kier molecular flexibility index (Phi) is 4.38. The number of likely N-dealkylation sites (N-methyl/N-ethyl adjacent to an activating group) is 1. The first kappa shape index (κ1) is 17.0. The van der Waals surface area contributed by atoms with Crippen molar-refractivity contribution >= 4 is 11.9 Å². The number of aryl methyl sites for hydroxylation is 2. The molecule has 1 aromatic heterocycles. The summed E-state index contributed by atoms with van der Waals surface area (Å²) in [6.45, 7) is 9.57. The van der Waals surface area contributed by atoms with Gasteiger partial charge in [0.1, 0.15) is 5.54 Å². The van der Waals surface area contributed by atoms with Gasteiger partial charge in [0.2, 0.25) is 0 Å². The van der Waals surface area contributed by atoms with E-state index in [9.17, 15) is 9.59 Å². The lowest BCUT2D eigenvalue weighted by molar-refractivity contribution is -0.132. The molecule has 3 heterocycles. The standard InChI is InChI=1S/C17H27N5O2/c1-12-10-13(2)22(19-12)9-8-21-7-5-6-14(11-21)17(3)15(23)20(4)16(24)18-17/h10,14H,5-9,11H2,1-4H3,(H,18,24)/t14-,17+/m1/s1. The summed E-state index contributed by atoms with van der Waals surface area (Å²) in [6, 6.07) is 1.80. The summed E-state index contributed by atoms with van der Waals surface area (Å²) >= 11 is 0. The number of urea groups is 1. The number of hydrogen-bond acceptors (Lipinski definition) is 4. The number of hydrogen-bond donors (Lipinski definition) is 1. The molecule has 3 amide bonds. The number of nitrogens with one attached hydrogen (secondary N) is 1. The van der Waals surface area contributed by atoms with Gasteiger partial charge in [-0.2, -0.15) is 5.10 Å². The van der Waals surface area contributed by atoms with E-state index in [1.165, 1.54) is 10.6 Å². The molecule has 0 spiro atoms. The SMILES string of the molecule is Cc1cc(C)n(CCN2CCC[C@@H]([C@]3(C)NC(=O)N(C)C3=O)C2)n1. The molecular formula is C17H27N5O2. The molecule has 2 aliphatic heterocycles. The highest BCUT2D eigenvalue weighted by molar-refractivity contribution is 6.06. The van der Waals surface area contributed by atoms with Crippen LogP contribution in [0.2, 0.25) is 0 Å². The van der Waals surface area contributed by atoms with E-state index in [1.807, 2.05) is 18.5 Å². The van der Waals surface area contributed by atoms with Crippen LogP contribution in [0.4, 0.5) is 4.79 Å². The van der Waals surface area contributed by atoms with Crippen molar-refractivity contribution in [1.29, 1.82) is 0 Å². The number of amides is 3. The number of likely N-dealkylation sites (tertiary alicyclic amines) is 1. The van der Waals surface area contributed by atoms with E-state index in [2.05, 4.69) is 28.3 Å². The maximum Gasteiger partial charge on any atom is 0.324 e. The number of rotatable bonds is 4. The van der Waals surface area contributed by atoms with Crippen molar-refractivity contribution in [2.24, 2.45) is 5.92 Å². The van der Waals surface area contributed by atoms with Gasteiger partial charge in [-0.1, -0.05) is 0 Å². The molecule has 7 nitrogen and oxygen atoms in total. The molecule has 2 atom stereocenters. The quantitative estimate of drug-likeness (QED) is 0.839. The van der Waals surface area contributed by atoms with E-state index >= 15 is 0 Å². The largest absolute Gasteiger partial charge is 0.324 e. The Balaban J connectivity index is 1.63. The molecule has 2 fully saturated rings. The average Bonchev–Trinajstić information content (AvgIpc) is 2.98. The van der Waals surface area contributed by atoms with Crippen molar-refractivity contribution in [2.45, 2.75) is 45.7 Å². The van der Waals surface area contributed by atoms with E-state index in [0.717, 1.165) is 44.7 Å². The van der Waals surface area contributed by atoms with Gasteiger partial charge in [-0.15, -0.1) is 0 Å². The summed E-state index contributed by atoms with van der Waals surface area (Å²) in [5, 5.41) is 7.41. The van der Waals surface area contributed by atoms with Crippen LogP contribution in [0.1, 0.15) is 31.2 Å². The van der Waals surface area contributed by atoms with Crippen molar-refractivity contribution in [1.82, 2.24) is 24.9 Å². The second-order valence-corrected chi connectivity index (χ2v) is 7.29. The van der Waals surface area contributed by atoms with E-state index in [-0.39, 0.29) is 17.9 Å². The zero-order valence-corrected chi connectivity index (χ0v) is 15.0. The Morgan fingerprint density at radius 1 is 1.33 bits per heavy atom. The summed E-state index contributed by atoms with van der Waals surface area (Å²) in [4.78, 5) is 27.9. The zero-order valence-electron chi connectivity index (χ0n) is 15.0. The van der Waals surface area contributed by atoms with E-state index < -0.39 is 5.54 Å². The van der Waals surface area contributed by atoms with Crippen LogP contribution < -0.4 is 5.32 Å². The van der Waals surface area contributed by atoms with Crippen molar-refractivity contribution in [3.8, 4) is 0 Å². The molecule has 1 aromatic rings. The van der Waals surface area contributed by atoms with Crippen LogP contribution in [-0.4, -0.2) is 63.7 Å². The number of carbonyl (C=O) groups excluding carboxylic acids is 2. The van der Waals surface area contributed by atoms with Crippen molar-refractivity contribution in [2.75, 3.05) is 26.7 Å². The van der Waals surface area contributed by atoms with Crippen LogP contribution in [0.5, 0.6) is 0 Å². The molecule has 0 unspecified atom stereocenters. The summed E-state index contributed by atoms with van der Waals surface area (Å²) in [6.07, 6.45) is 2.01. The van der Waals surface area contributed by atoms with E-state index in [1.54, 1.807) is 7.05 Å². The molecule has 2 saturated heterocycles. The molecule has 2 aliphatic rings. The van der Waals surface area contributed by atoms with Crippen molar-refractivity contribution in [3.63, 3.8) is 0 Å². The maximum atomic E-state index is 12.5. The predicted molar refractivity (Wildman–Crippen MR) is 90.6 cm³/mol. The van der Waals surface area contributed by atoms with E-state index in [4.69, 9.17) is 0 Å². The lowest BCUT2D eigenvalue weighted by Crippen LogP contribution is -2.56. The molecule has 24 heavy (non-hydrogen) atoms. The van der Waals surface area contributed by atoms with Crippen LogP contribution in [0, 0.1) is 19.8 Å². The normalized spacial score (nSPS) is 28.5. The number of aromatic nitrogens is 2. The van der Waals surface area contributed by atoms with Gasteiger partial charge in [0.15, 0.2) is 0 Å². The molecular weight excluding hydrogens is 306 g/mol. The average molecular weight is 333 g/mol. The Bertz CT molecular complexity index is 655. The fourth-order valence-corrected chi connectivity index (χ4v) is 3.94. The van der Waals surface area contributed by atoms with Gasteiger partial charge in [-0.25, -0.2) is 4.79 Å². The number of carbonyl (C=O) groups is 2. The van der Waals surface area contributed by atoms with Gasteiger partial charge in [0.25, 0.3) is 5.91 Å². The summed E-state index contributed by atoms with van der Waals surface area (Å²) in [7, 11) is 1.55. The van der Waals surface area contributed by atoms with Crippen LogP contribution in [0.25, 0.3) is 0 Å². The van der Waals surface area contributed by atoms with Gasteiger partial charge in [0, 0.05) is 31.7 Å². The minimum absolute atomic E-state index is 0.113. The number of piperidine rings is 1. The second kappa shape index (κ2) is 6.20. The highest BCUT2D eigenvalue weighted by atomic mass is 16.2. The molecule has 0 bridgehead atoms. The monoisotopic (exact) mass is 333 g/mol. The first-order valence-electron chi connectivity index (χ1n) is 8.65. The van der Waals surface area contributed by atoms with Crippen molar-refractivity contribution in [3.05, 3.63) is 17.5 Å². The first-order valence-corrected chi connectivity index (χ1v) is 8.65. The van der Waals surface area contributed by atoms with Crippen LogP contribution in [0.3, 0.4) is 0 Å². The Labute approximate surface area is 143 Å². The highest BCUT2D eigenvalue weighted by Gasteiger charge is 2.51. The maximum absolute atomic E-state index is 12.5. The Hall–Kier alpha value is -1.89. The molecule has 0 aliphatic carbocycles.